The van der Waals surface area contributed by atoms with Gasteiger partial charge in [0.1, 0.15) is 0 Å². The first-order valence-electron chi connectivity index (χ1n) is 22.3. The first-order valence-corrected chi connectivity index (χ1v) is 22.3. The Hall–Kier alpha value is -8.00. The fourth-order valence-corrected chi connectivity index (χ4v) is 11.7. The van der Waals surface area contributed by atoms with Crippen LogP contribution in [0.25, 0.3) is 37.9 Å². The number of rotatable bonds is 7. The van der Waals surface area contributed by atoms with E-state index in [9.17, 15) is 0 Å². The van der Waals surface area contributed by atoms with Crippen LogP contribution in [-0.4, -0.2) is 0 Å². The topological polar surface area (TPSA) is 3.24 Å². The Labute approximate surface area is 375 Å². The SMILES string of the molecule is C=CC1=C(/C=C\C)c2ccc(N(c3ccccc3)c3ccc4c5ccccc5c5ccccc5c4c3)cc2C12c1ccccc1C(c1ccccc1)(c1ccccc1)c1ccccc12. The van der Waals surface area contributed by atoms with Crippen molar-refractivity contribution in [2.75, 3.05) is 4.90 Å². The van der Waals surface area contributed by atoms with Crippen LogP contribution in [0.3, 0.4) is 0 Å². The summed E-state index contributed by atoms with van der Waals surface area (Å²) in [7, 11) is 0. The van der Waals surface area contributed by atoms with Gasteiger partial charge in [-0.15, -0.1) is 0 Å². The van der Waals surface area contributed by atoms with Crippen molar-refractivity contribution in [1.82, 2.24) is 0 Å². The summed E-state index contributed by atoms with van der Waals surface area (Å²) in [6, 6.07) is 83.3. The second-order valence-corrected chi connectivity index (χ2v) is 17.1. The second-order valence-electron chi connectivity index (χ2n) is 17.1. The van der Waals surface area contributed by atoms with Crippen LogP contribution in [0.15, 0.2) is 255 Å². The lowest BCUT2D eigenvalue weighted by Gasteiger charge is -2.50. The van der Waals surface area contributed by atoms with E-state index in [-0.39, 0.29) is 0 Å². The predicted molar refractivity (Wildman–Crippen MR) is 270 cm³/mol. The zero-order chi connectivity index (χ0) is 42.8. The Bertz CT molecular complexity index is 3400. The molecule has 0 heterocycles. The largest absolute Gasteiger partial charge is 0.310 e. The Morgan fingerprint density at radius 1 is 0.375 bits per heavy atom. The van der Waals surface area contributed by atoms with Crippen molar-refractivity contribution in [2.24, 2.45) is 0 Å². The summed E-state index contributed by atoms with van der Waals surface area (Å²) < 4.78 is 0. The molecule has 0 aromatic heterocycles. The highest BCUT2D eigenvalue weighted by molar-refractivity contribution is 6.25. The minimum atomic E-state index is -0.678. The van der Waals surface area contributed by atoms with Gasteiger partial charge in [-0.1, -0.05) is 213 Å². The lowest BCUT2D eigenvalue weighted by molar-refractivity contribution is 0.621. The molecule has 0 N–H and O–H groups in total. The first kappa shape index (κ1) is 37.7. The van der Waals surface area contributed by atoms with Crippen molar-refractivity contribution in [3.63, 3.8) is 0 Å². The van der Waals surface area contributed by atoms with Crippen LogP contribution in [0, 0.1) is 0 Å². The van der Waals surface area contributed by atoms with Gasteiger partial charge in [0.05, 0.1) is 10.8 Å². The quantitative estimate of drug-likeness (QED) is 0.145. The summed E-state index contributed by atoms with van der Waals surface area (Å²) in [4.78, 5) is 2.44. The van der Waals surface area contributed by atoms with Gasteiger partial charge in [-0.05, 0) is 131 Å². The lowest BCUT2D eigenvalue weighted by Crippen LogP contribution is -2.45. The molecule has 2 aliphatic carbocycles. The third-order valence-electron chi connectivity index (χ3n) is 14.1. The van der Waals surface area contributed by atoms with Crippen LogP contribution in [0.5, 0.6) is 0 Å². The molecule has 10 aromatic carbocycles. The molecule has 10 aromatic rings. The van der Waals surface area contributed by atoms with Gasteiger partial charge >= 0.3 is 0 Å². The summed E-state index contributed by atoms with van der Waals surface area (Å²) in [5.41, 5.74) is 14.5. The van der Waals surface area contributed by atoms with Gasteiger partial charge in [-0.25, -0.2) is 0 Å². The molecule has 0 amide bonds. The summed E-state index contributed by atoms with van der Waals surface area (Å²) in [6.45, 7) is 6.75. The number of hydrogen-bond acceptors (Lipinski definition) is 1. The van der Waals surface area contributed by atoms with Crippen LogP contribution in [0.4, 0.5) is 17.1 Å². The molecule has 0 bridgehead atoms. The lowest BCUT2D eigenvalue weighted by atomic mass is 9.51. The molecule has 0 aliphatic heterocycles. The van der Waals surface area contributed by atoms with Gasteiger partial charge < -0.3 is 4.90 Å². The van der Waals surface area contributed by atoms with E-state index in [1.54, 1.807) is 0 Å². The Morgan fingerprint density at radius 2 is 0.797 bits per heavy atom. The molecule has 12 rings (SSSR count). The maximum Gasteiger partial charge on any atom is 0.0720 e. The molecule has 2 aliphatic rings. The summed E-state index contributed by atoms with van der Waals surface area (Å²) in [6.07, 6.45) is 6.60. The van der Waals surface area contributed by atoms with Crippen molar-refractivity contribution in [1.29, 1.82) is 0 Å². The minimum Gasteiger partial charge on any atom is -0.310 e. The maximum atomic E-state index is 4.63. The molecule has 0 radical (unpaired) electrons. The minimum absolute atomic E-state index is 0.581. The number of para-hydroxylation sites is 1. The molecule has 0 atom stereocenters. The molecule has 1 spiro atoms. The Balaban J connectivity index is 1.17. The summed E-state index contributed by atoms with van der Waals surface area (Å²) in [5.74, 6) is 0. The smallest absolute Gasteiger partial charge is 0.0720 e. The number of benzene rings is 10. The normalized spacial score (nSPS) is 14.5. The fraction of sp³-hybridized carbons (Fsp3) is 0.0476. The van der Waals surface area contributed by atoms with E-state index in [1.807, 2.05) is 0 Å². The summed E-state index contributed by atoms with van der Waals surface area (Å²) >= 11 is 0. The highest BCUT2D eigenvalue weighted by Gasteiger charge is 2.56. The number of hydrogen-bond donors (Lipinski definition) is 0. The van der Waals surface area contributed by atoms with Crippen LogP contribution < -0.4 is 4.90 Å². The van der Waals surface area contributed by atoms with Crippen LogP contribution in [-0.2, 0) is 10.8 Å². The van der Waals surface area contributed by atoms with E-state index in [1.165, 1.54) is 88.0 Å². The zero-order valence-corrected chi connectivity index (χ0v) is 35.7. The third kappa shape index (κ3) is 5.19. The summed E-state index contributed by atoms with van der Waals surface area (Å²) in [5, 5.41) is 7.57. The number of anilines is 3. The van der Waals surface area contributed by atoms with Gasteiger partial charge in [-0.3, -0.25) is 0 Å². The predicted octanol–water partition coefficient (Wildman–Crippen LogP) is 16.2. The van der Waals surface area contributed by atoms with E-state index < -0.39 is 10.8 Å². The van der Waals surface area contributed by atoms with Crippen molar-refractivity contribution >= 4 is 55.0 Å². The molecule has 1 nitrogen and oxygen atoms in total. The zero-order valence-electron chi connectivity index (χ0n) is 35.7. The Kier molecular flexibility index (Phi) is 8.74. The molecule has 0 fully saturated rings. The van der Waals surface area contributed by atoms with Crippen LogP contribution >= 0.6 is 0 Å². The highest BCUT2D eigenvalue weighted by atomic mass is 15.1. The molecular weight excluding hydrogens is 771 g/mol. The van der Waals surface area contributed by atoms with Gasteiger partial charge in [0.15, 0.2) is 0 Å². The van der Waals surface area contributed by atoms with Crippen LogP contribution in [0.1, 0.15) is 51.4 Å². The van der Waals surface area contributed by atoms with E-state index in [0.29, 0.717) is 0 Å². The van der Waals surface area contributed by atoms with E-state index in [0.717, 1.165) is 17.1 Å². The molecule has 1 heteroatoms. The molecule has 64 heavy (non-hydrogen) atoms. The Morgan fingerprint density at radius 3 is 1.31 bits per heavy atom. The monoisotopic (exact) mass is 815 g/mol. The standard InChI is InChI=1S/C63H45N/c1-3-22-53-54-40-38-47(64(45-27-12-7-13-28-45)46-37-39-52-50-31-15-14-29-48(50)49-30-16-17-32-51(49)55(52)41-46)42-61(54)63(56(53)4-2)59-35-20-18-33-57(59)62(43-23-8-5-9-24-43,44-25-10-6-11-26-44)58-34-19-21-36-60(58)63/h3-42H,2H2,1H3/b22-3-. The van der Waals surface area contributed by atoms with Gasteiger partial charge in [0.25, 0.3) is 0 Å². The second kappa shape index (κ2) is 14.8. The molecule has 302 valence electrons. The van der Waals surface area contributed by atoms with E-state index in [4.69, 9.17) is 0 Å². The van der Waals surface area contributed by atoms with Gasteiger partial charge in [0.2, 0.25) is 0 Å². The van der Waals surface area contributed by atoms with Crippen molar-refractivity contribution < 1.29 is 0 Å². The number of fused-ring (bicyclic) bond motifs is 12. The molecule has 0 saturated heterocycles. The average Bonchev–Trinajstić information content (AvgIpc) is 3.64. The van der Waals surface area contributed by atoms with Crippen molar-refractivity contribution in [3.8, 4) is 0 Å². The first-order chi connectivity index (χ1) is 31.7. The third-order valence-corrected chi connectivity index (χ3v) is 14.1. The number of allylic oxidation sites excluding steroid dienone is 5. The van der Waals surface area contributed by atoms with E-state index >= 15 is 0 Å². The van der Waals surface area contributed by atoms with Gasteiger partial charge in [0, 0.05) is 17.1 Å². The maximum absolute atomic E-state index is 4.63. The average molecular weight is 816 g/mol. The van der Waals surface area contributed by atoms with Crippen molar-refractivity contribution in [2.45, 2.75) is 17.8 Å². The highest BCUT2D eigenvalue weighted by Crippen LogP contribution is 2.64. The number of nitrogens with zero attached hydrogens (tertiary/aromatic N) is 1. The fourth-order valence-electron chi connectivity index (χ4n) is 11.7. The van der Waals surface area contributed by atoms with E-state index in [2.05, 4.69) is 261 Å². The molecule has 0 unspecified atom stereocenters. The van der Waals surface area contributed by atoms with Crippen molar-refractivity contribution in [3.05, 3.63) is 299 Å². The molecular formula is C63H45N. The molecule has 0 saturated carbocycles. The van der Waals surface area contributed by atoms with Crippen LogP contribution in [0.2, 0.25) is 0 Å². The van der Waals surface area contributed by atoms with Gasteiger partial charge in [-0.2, -0.15) is 0 Å².